The normalized spacial score (nSPS) is 14.6. The molecule has 1 aliphatic heterocycles. The number of hydrogen-bond acceptors (Lipinski definition) is 7. The van der Waals surface area contributed by atoms with Gasteiger partial charge in [0.15, 0.2) is 10.9 Å². The zero-order valence-corrected chi connectivity index (χ0v) is 20.0. The fourth-order valence-electron chi connectivity index (χ4n) is 3.46. The maximum absolute atomic E-state index is 13.0. The average molecular weight is 483 g/mol. The Morgan fingerprint density at radius 2 is 2.03 bits per heavy atom. The molecule has 0 aliphatic carbocycles. The summed E-state index contributed by atoms with van der Waals surface area (Å²) >= 11 is 8.64. The Bertz CT molecular complexity index is 1370. The number of ketones is 1. The molecule has 0 amide bonds. The molecule has 0 spiro atoms. The van der Waals surface area contributed by atoms with E-state index in [2.05, 4.69) is 11.1 Å². The molecule has 0 atom stereocenters. The summed E-state index contributed by atoms with van der Waals surface area (Å²) in [6, 6.07) is 14.7. The first-order valence-corrected chi connectivity index (χ1v) is 12.0. The molecular formula is C23H19ClN4O2S2. The number of fused-ring (bicyclic) bond motifs is 2. The van der Waals surface area contributed by atoms with Gasteiger partial charge < -0.3 is 4.90 Å². The summed E-state index contributed by atoms with van der Waals surface area (Å²) < 4.78 is 1.57. The van der Waals surface area contributed by atoms with E-state index < -0.39 is 0 Å². The molecule has 0 saturated carbocycles. The number of rotatable bonds is 5. The number of para-hydroxylation sites is 1. The highest BCUT2D eigenvalue weighted by Gasteiger charge is 2.28. The molecule has 4 rings (SSSR count). The average Bonchev–Trinajstić information content (AvgIpc) is 3.08. The lowest BCUT2D eigenvalue weighted by Gasteiger charge is -2.17. The van der Waals surface area contributed by atoms with Gasteiger partial charge in [-0.05, 0) is 44.2 Å². The predicted molar refractivity (Wildman–Crippen MR) is 130 cm³/mol. The van der Waals surface area contributed by atoms with Crippen LogP contribution in [-0.4, -0.2) is 28.1 Å². The first-order valence-electron chi connectivity index (χ1n) is 9.84. The van der Waals surface area contributed by atoms with Crippen molar-refractivity contribution in [1.29, 1.82) is 5.26 Å². The summed E-state index contributed by atoms with van der Waals surface area (Å²) in [6.45, 7) is 3.78. The largest absolute Gasteiger partial charge is 0.337 e. The Kier molecular flexibility index (Phi) is 6.33. The molecule has 0 saturated heterocycles. The minimum Gasteiger partial charge on any atom is -0.337 e. The second-order valence-electron chi connectivity index (χ2n) is 7.46. The molecule has 0 fully saturated rings. The number of Topliss-reactive ketones (excluding diaryl/α,β-unsaturated/α-hetero) is 1. The highest BCUT2D eigenvalue weighted by atomic mass is 35.5. The van der Waals surface area contributed by atoms with Crippen LogP contribution in [0.25, 0.3) is 10.9 Å². The lowest BCUT2D eigenvalue weighted by atomic mass is 10.2. The zero-order valence-electron chi connectivity index (χ0n) is 17.6. The standard InChI is InChI=1S/C23H19ClN4O2S2/c1-13(2)28-21(30)15-9-8-14(24)10-17(15)26-23(28)31-12-19(29)16(11-25)22-27(3)18-6-4-5-7-20(18)32-22/h4-10,13H,12H2,1-3H3/b22-16-. The predicted octanol–water partition coefficient (Wildman–Crippen LogP) is 5.27. The van der Waals surface area contributed by atoms with Gasteiger partial charge in [0.2, 0.25) is 0 Å². The second kappa shape index (κ2) is 9.02. The molecule has 0 unspecified atom stereocenters. The molecule has 0 bridgehead atoms. The van der Waals surface area contributed by atoms with Crippen LogP contribution in [0, 0.1) is 11.3 Å². The molecular weight excluding hydrogens is 464 g/mol. The maximum Gasteiger partial charge on any atom is 0.262 e. The van der Waals surface area contributed by atoms with Gasteiger partial charge >= 0.3 is 0 Å². The Morgan fingerprint density at radius 1 is 1.28 bits per heavy atom. The van der Waals surface area contributed by atoms with Crippen molar-refractivity contribution in [2.75, 3.05) is 17.7 Å². The van der Waals surface area contributed by atoms with Crippen LogP contribution >= 0.6 is 35.1 Å². The van der Waals surface area contributed by atoms with Gasteiger partial charge in [0.05, 0.1) is 22.3 Å². The molecule has 1 aromatic heterocycles. The molecule has 0 N–H and O–H groups in total. The quantitative estimate of drug-likeness (QED) is 0.212. The van der Waals surface area contributed by atoms with Crippen molar-refractivity contribution in [2.45, 2.75) is 29.9 Å². The summed E-state index contributed by atoms with van der Waals surface area (Å²) in [5, 5.41) is 11.7. The van der Waals surface area contributed by atoms with Gasteiger partial charge in [0.1, 0.15) is 16.7 Å². The van der Waals surface area contributed by atoms with Gasteiger partial charge in [-0.1, -0.05) is 47.3 Å². The number of carbonyl (C=O) groups is 1. The number of anilines is 1. The lowest BCUT2D eigenvalue weighted by Crippen LogP contribution is -2.25. The van der Waals surface area contributed by atoms with Crippen molar-refractivity contribution < 1.29 is 4.79 Å². The minimum atomic E-state index is -0.310. The van der Waals surface area contributed by atoms with E-state index in [1.54, 1.807) is 22.8 Å². The van der Waals surface area contributed by atoms with E-state index >= 15 is 0 Å². The van der Waals surface area contributed by atoms with Crippen LogP contribution in [0.5, 0.6) is 0 Å². The molecule has 6 nitrogen and oxygen atoms in total. The Morgan fingerprint density at radius 3 is 2.72 bits per heavy atom. The highest BCUT2D eigenvalue weighted by Crippen LogP contribution is 2.46. The number of hydrogen-bond donors (Lipinski definition) is 0. The molecule has 1 aliphatic rings. The first kappa shape index (κ1) is 22.5. The van der Waals surface area contributed by atoms with Crippen LogP contribution in [-0.2, 0) is 4.79 Å². The van der Waals surface area contributed by atoms with Crippen molar-refractivity contribution in [1.82, 2.24) is 9.55 Å². The smallest absolute Gasteiger partial charge is 0.262 e. The minimum absolute atomic E-state index is 0.0115. The van der Waals surface area contributed by atoms with E-state index in [1.807, 2.05) is 50.1 Å². The number of nitrogens with zero attached hydrogens (tertiary/aromatic N) is 4. The van der Waals surface area contributed by atoms with Crippen molar-refractivity contribution in [3.8, 4) is 6.07 Å². The van der Waals surface area contributed by atoms with Crippen molar-refractivity contribution in [3.05, 3.63) is 68.4 Å². The number of nitriles is 1. The Hall–Kier alpha value is -2.73. The summed E-state index contributed by atoms with van der Waals surface area (Å²) in [5.74, 6) is -0.321. The van der Waals surface area contributed by atoms with Gasteiger partial charge in [0, 0.05) is 23.0 Å². The van der Waals surface area contributed by atoms with E-state index in [9.17, 15) is 14.9 Å². The van der Waals surface area contributed by atoms with Gasteiger partial charge in [-0.3, -0.25) is 14.2 Å². The Labute approximate surface area is 198 Å². The third kappa shape index (κ3) is 4.04. The maximum atomic E-state index is 13.0. The number of halogens is 1. The number of benzene rings is 2. The van der Waals surface area contributed by atoms with Crippen molar-refractivity contribution >= 4 is 57.5 Å². The van der Waals surface area contributed by atoms with Crippen LogP contribution in [0.2, 0.25) is 5.02 Å². The second-order valence-corrected chi connectivity index (χ2v) is 9.87. The molecule has 2 aromatic carbocycles. The van der Waals surface area contributed by atoms with E-state index in [-0.39, 0.29) is 28.7 Å². The molecule has 2 heterocycles. The third-order valence-corrected chi connectivity index (χ3v) is 7.45. The Balaban J connectivity index is 1.66. The van der Waals surface area contributed by atoms with E-state index in [1.165, 1.54) is 11.8 Å². The molecule has 9 heteroatoms. The number of carbonyl (C=O) groups excluding carboxylic acids is 1. The number of allylic oxidation sites excluding steroid dienone is 1. The highest BCUT2D eigenvalue weighted by molar-refractivity contribution is 8.03. The molecule has 32 heavy (non-hydrogen) atoms. The molecule has 0 radical (unpaired) electrons. The van der Waals surface area contributed by atoms with Gasteiger partial charge in [-0.15, -0.1) is 0 Å². The summed E-state index contributed by atoms with van der Waals surface area (Å²) in [6.07, 6.45) is 0. The first-order chi connectivity index (χ1) is 15.3. The lowest BCUT2D eigenvalue weighted by molar-refractivity contribution is -0.112. The SMILES string of the molecule is CC(C)n1c(SCC(=O)/C(C#N)=C2\Sc3ccccc3N2C)nc2cc(Cl)ccc2c1=O. The van der Waals surface area contributed by atoms with Gasteiger partial charge in [0.25, 0.3) is 5.56 Å². The summed E-state index contributed by atoms with van der Waals surface area (Å²) in [4.78, 5) is 33.5. The van der Waals surface area contributed by atoms with Crippen LogP contribution in [0.4, 0.5) is 5.69 Å². The molecule has 3 aromatic rings. The molecule has 162 valence electrons. The van der Waals surface area contributed by atoms with Gasteiger partial charge in [-0.25, -0.2) is 4.98 Å². The summed E-state index contributed by atoms with van der Waals surface area (Å²) in [7, 11) is 1.84. The van der Waals surface area contributed by atoms with Crippen LogP contribution in [0.3, 0.4) is 0 Å². The van der Waals surface area contributed by atoms with Crippen molar-refractivity contribution in [2.24, 2.45) is 0 Å². The fraction of sp³-hybridized carbons (Fsp3) is 0.217. The summed E-state index contributed by atoms with van der Waals surface area (Å²) in [5.41, 5.74) is 1.36. The van der Waals surface area contributed by atoms with Crippen LogP contribution in [0.1, 0.15) is 19.9 Å². The van der Waals surface area contributed by atoms with E-state index in [4.69, 9.17) is 11.6 Å². The van der Waals surface area contributed by atoms with Crippen LogP contribution < -0.4 is 10.5 Å². The third-order valence-electron chi connectivity index (χ3n) is 5.02. The van der Waals surface area contributed by atoms with Gasteiger partial charge in [-0.2, -0.15) is 5.26 Å². The number of thioether (sulfide) groups is 2. The zero-order chi connectivity index (χ0) is 23.0. The van der Waals surface area contributed by atoms with E-state index in [0.717, 1.165) is 22.3 Å². The van der Waals surface area contributed by atoms with Crippen LogP contribution in [0.15, 0.2) is 67.9 Å². The number of aromatic nitrogens is 2. The monoisotopic (exact) mass is 482 g/mol. The van der Waals surface area contributed by atoms with E-state index in [0.29, 0.717) is 26.1 Å². The topological polar surface area (TPSA) is 79.0 Å². The fourth-order valence-corrected chi connectivity index (χ4v) is 5.79. The van der Waals surface area contributed by atoms with Crippen molar-refractivity contribution in [3.63, 3.8) is 0 Å².